The highest BCUT2D eigenvalue weighted by Gasteiger charge is 2.34. The zero-order valence-corrected chi connectivity index (χ0v) is 16.7. The van der Waals surface area contributed by atoms with E-state index in [1.807, 2.05) is 35.2 Å². The molecule has 1 amide bonds. The lowest BCUT2D eigenvalue weighted by atomic mass is 9.89. The number of benzene rings is 3. The second-order valence-corrected chi connectivity index (χ2v) is 7.74. The van der Waals surface area contributed by atoms with E-state index in [0.717, 1.165) is 29.6 Å². The predicted molar refractivity (Wildman–Crippen MR) is 117 cm³/mol. The monoisotopic (exact) mass is 388 g/mol. The molecule has 1 heterocycles. The van der Waals surface area contributed by atoms with Gasteiger partial charge in [-0.25, -0.2) is 0 Å². The molecule has 0 radical (unpaired) electrons. The number of likely N-dealkylation sites (tertiary alicyclic amines) is 1. The van der Waals surface area contributed by atoms with E-state index in [4.69, 9.17) is 10.5 Å². The molecule has 4 rings (SSSR count). The van der Waals surface area contributed by atoms with Gasteiger partial charge in [0, 0.05) is 30.8 Å². The fourth-order valence-electron chi connectivity index (χ4n) is 4.28. The van der Waals surface area contributed by atoms with Crippen LogP contribution >= 0.6 is 0 Å². The molecule has 0 spiro atoms. The fraction of sp³-hybridized carbons (Fsp3) is 0.320. The number of ether oxygens (including phenoxy) is 1. The van der Waals surface area contributed by atoms with Crippen LogP contribution in [0.4, 0.5) is 0 Å². The van der Waals surface area contributed by atoms with Crippen molar-refractivity contribution >= 4 is 16.7 Å². The molecule has 4 nitrogen and oxygen atoms in total. The third-order valence-corrected chi connectivity index (χ3v) is 5.87. The largest absolute Gasteiger partial charge is 0.493 e. The second-order valence-electron chi connectivity index (χ2n) is 7.74. The maximum absolute atomic E-state index is 12.7. The molecule has 0 aromatic heterocycles. The van der Waals surface area contributed by atoms with Gasteiger partial charge in [0.1, 0.15) is 5.75 Å². The number of hydrogen-bond donors (Lipinski definition) is 1. The first-order chi connectivity index (χ1) is 14.3. The van der Waals surface area contributed by atoms with E-state index in [9.17, 15) is 4.79 Å². The summed E-state index contributed by atoms with van der Waals surface area (Å²) >= 11 is 0. The van der Waals surface area contributed by atoms with Gasteiger partial charge in [0.05, 0.1) is 6.61 Å². The van der Waals surface area contributed by atoms with Gasteiger partial charge in [0.25, 0.3) is 0 Å². The Balaban J connectivity index is 1.30. The molecule has 3 aromatic carbocycles. The highest BCUT2D eigenvalue weighted by atomic mass is 16.5. The Morgan fingerprint density at radius 1 is 0.966 bits per heavy atom. The smallest absolute Gasteiger partial charge is 0.222 e. The molecule has 0 saturated carbocycles. The minimum Gasteiger partial charge on any atom is -0.493 e. The van der Waals surface area contributed by atoms with Gasteiger partial charge in [-0.1, -0.05) is 66.7 Å². The van der Waals surface area contributed by atoms with E-state index in [-0.39, 0.29) is 5.91 Å². The molecule has 1 saturated heterocycles. The summed E-state index contributed by atoms with van der Waals surface area (Å²) in [6.07, 6.45) is 1.21. The molecular weight excluding hydrogens is 360 g/mol. The first-order valence-corrected chi connectivity index (χ1v) is 10.4. The Hall–Kier alpha value is -2.85. The summed E-state index contributed by atoms with van der Waals surface area (Å²) < 4.78 is 5.97. The minimum atomic E-state index is 0.198. The first kappa shape index (κ1) is 19.5. The zero-order chi connectivity index (χ0) is 20.1. The summed E-state index contributed by atoms with van der Waals surface area (Å²) in [4.78, 5) is 14.7. The SMILES string of the molecule is NC[C@@H]1CN(C(=O)CCCOc2cccc3ccccc23)C[C@H]1c1ccccc1. The summed E-state index contributed by atoms with van der Waals surface area (Å²) in [6.45, 7) is 2.65. The molecule has 1 aliphatic rings. The van der Waals surface area contributed by atoms with Crippen LogP contribution in [0.3, 0.4) is 0 Å². The molecule has 2 atom stereocenters. The lowest BCUT2D eigenvalue weighted by Crippen LogP contribution is -2.29. The number of hydrogen-bond acceptors (Lipinski definition) is 3. The van der Waals surface area contributed by atoms with Gasteiger partial charge in [-0.15, -0.1) is 0 Å². The number of carbonyl (C=O) groups excluding carboxylic acids is 1. The molecule has 0 bridgehead atoms. The van der Waals surface area contributed by atoms with E-state index < -0.39 is 0 Å². The van der Waals surface area contributed by atoms with Crippen LogP contribution in [0.2, 0.25) is 0 Å². The van der Waals surface area contributed by atoms with Crippen molar-refractivity contribution < 1.29 is 9.53 Å². The number of carbonyl (C=O) groups is 1. The van der Waals surface area contributed by atoms with E-state index in [0.29, 0.717) is 37.8 Å². The molecule has 0 aliphatic carbocycles. The third-order valence-electron chi connectivity index (χ3n) is 5.87. The van der Waals surface area contributed by atoms with Gasteiger partial charge in [-0.2, -0.15) is 0 Å². The van der Waals surface area contributed by atoms with Crippen LogP contribution in [-0.4, -0.2) is 37.0 Å². The van der Waals surface area contributed by atoms with E-state index in [1.165, 1.54) is 5.56 Å². The molecule has 150 valence electrons. The zero-order valence-electron chi connectivity index (χ0n) is 16.7. The van der Waals surface area contributed by atoms with Crippen molar-refractivity contribution in [2.24, 2.45) is 11.7 Å². The summed E-state index contributed by atoms with van der Waals surface area (Å²) in [5, 5.41) is 2.27. The summed E-state index contributed by atoms with van der Waals surface area (Å²) in [6, 6.07) is 24.7. The van der Waals surface area contributed by atoms with Crippen LogP contribution in [-0.2, 0) is 4.79 Å². The van der Waals surface area contributed by atoms with Crippen LogP contribution < -0.4 is 10.5 Å². The first-order valence-electron chi connectivity index (χ1n) is 10.4. The van der Waals surface area contributed by atoms with Gasteiger partial charge in [-0.05, 0) is 35.9 Å². The topological polar surface area (TPSA) is 55.6 Å². The third kappa shape index (κ3) is 4.43. The van der Waals surface area contributed by atoms with Crippen molar-refractivity contribution in [3.05, 3.63) is 78.4 Å². The van der Waals surface area contributed by atoms with Crippen molar-refractivity contribution in [3.63, 3.8) is 0 Å². The summed E-state index contributed by atoms with van der Waals surface area (Å²) in [5.74, 6) is 1.73. The van der Waals surface area contributed by atoms with Crippen molar-refractivity contribution in [2.45, 2.75) is 18.8 Å². The van der Waals surface area contributed by atoms with Crippen LogP contribution in [0.5, 0.6) is 5.75 Å². The number of nitrogens with two attached hydrogens (primary N) is 1. The minimum absolute atomic E-state index is 0.198. The quantitative estimate of drug-likeness (QED) is 0.617. The number of rotatable bonds is 7. The molecule has 29 heavy (non-hydrogen) atoms. The van der Waals surface area contributed by atoms with Gasteiger partial charge in [0.2, 0.25) is 5.91 Å². The van der Waals surface area contributed by atoms with E-state index in [2.05, 4.69) is 42.5 Å². The normalized spacial score (nSPS) is 18.9. The summed E-state index contributed by atoms with van der Waals surface area (Å²) in [5.41, 5.74) is 7.27. The predicted octanol–water partition coefficient (Wildman–Crippen LogP) is 4.20. The van der Waals surface area contributed by atoms with Crippen molar-refractivity contribution in [2.75, 3.05) is 26.2 Å². The van der Waals surface area contributed by atoms with Crippen LogP contribution in [0.15, 0.2) is 72.8 Å². The molecule has 4 heteroatoms. The molecule has 3 aromatic rings. The Kier molecular flexibility index (Phi) is 6.11. The maximum atomic E-state index is 12.7. The van der Waals surface area contributed by atoms with Crippen molar-refractivity contribution in [1.82, 2.24) is 4.90 Å². The van der Waals surface area contributed by atoms with E-state index in [1.54, 1.807) is 0 Å². The molecule has 1 fully saturated rings. The average molecular weight is 389 g/mol. The Morgan fingerprint density at radius 3 is 2.55 bits per heavy atom. The highest BCUT2D eigenvalue weighted by Crippen LogP contribution is 2.32. The Labute approximate surface area is 172 Å². The molecule has 0 unspecified atom stereocenters. The van der Waals surface area contributed by atoms with Crippen LogP contribution in [0, 0.1) is 5.92 Å². The Morgan fingerprint density at radius 2 is 1.72 bits per heavy atom. The van der Waals surface area contributed by atoms with Crippen molar-refractivity contribution in [3.8, 4) is 5.75 Å². The number of amides is 1. The molecule has 1 aliphatic heterocycles. The average Bonchev–Trinajstić information content (AvgIpc) is 3.22. The van der Waals surface area contributed by atoms with Crippen molar-refractivity contribution in [1.29, 1.82) is 0 Å². The second kappa shape index (κ2) is 9.10. The fourth-order valence-corrected chi connectivity index (χ4v) is 4.28. The van der Waals surface area contributed by atoms with Gasteiger partial charge >= 0.3 is 0 Å². The van der Waals surface area contributed by atoms with Crippen LogP contribution in [0.1, 0.15) is 24.3 Å². The van der Waals surface area contributed by atoms with Gasteiger partial charge in [-0.3, -0.25) is 4.79 Å². The standard InChI is InChI=1S/C25H28N2O2/c26-16-21-17-27(18-23(21)20-8-2-1-3-9-20)25(28)14-7-15-29-24-13-6-11-19-10-4-5-12-22(19)24/h1-6,8-13,21,23H,7,14-18,26H2/t21-,23+/m1/s1. The van der Waals surface area contributed by atoms with Gasteiger partial charge < -0.3 is 15.4 Å². The lowest BCUT2D eigenvalue weighted by molar-refractivity contribution is -0.130. The highest BCUT2D eigenvalue weighted by molar-refractivity contribution is 5.88. The maximum Gasteiger partial charge on any atom is 0.222 e. The molecular formula is C25H28N2O2. The molecule has 2 N–H and O–H groups in total. The summed E-state index contributed by atoms with van der Waals surface area (Å²) in [7, 11) is 0. The van der Waals surface area contributed by atoms with Crippen LogP contribution in [0.25, 0.3) is 10.8 Å². The number of nitrogens with zero attached hydrogens (tertiary/aromatic N) is 1. The van der Waals surface area contributed by atoms with E-state index >= 15 is 0 Å². The van der Waals surface area contributed by atoms with Gasteiger partial charge in [0.15, 0.2) is 0 Å². The number of fused-ring (bicyclic) bond motifs is 1. The lowest BCUT2D eigenvalue weighted by Gasteiger charge is -2.17. The Bertz CT molecular complexity index is 952.